The Morgan fingerprint density at radius 2 is 2.00 bits per heavy atom. The van der Waals surface area contributed by atoms with Crippen LogP contribution in [0.5, 0.6) is 5.75 Å². The van der Waals surface area contributed by atoms with E-state index in [4.69, 9.17) is 16.3 Å². The number of likely N-dealkylation sites (tertiary alicyclic amines) is 1. The van der Waals surface area contributed by atoms with Crippen LogP contribution in [0.25, 0.3) is 0 Å². The Morgan fingerprint density at radius 1 is 1.28 bits per heavy atom. The van der Waals surface area contributed by atoms with Gasteiger partial charge in [-0.25, -0.2) is 0 Å². The Hall–Kier alpha value is -1.06. The topological polar surface area (TPSA) is 29.5 Å². The Kier molecular flexibility index (Phi) is 5.02. The lowest BCUT2D eigenvalue weighted by Gasteiger charge is -2.15. The summed E-state index contributed by atoms with van der Waals surface area (Å²) < 4.78 is 5.63. The van der Waals surface area contributed by atoms with E-state index in [0.29, 0.717) is 17.9 Å². The zero-order chi connectivity index (χ0) is 12.8. The first kappa shape index (κ1) is 13.4. The van der Waals surface area contributed by atoms with Crippen molar-refractivity contribution in [1.82, 2.24) is 4.90 Å². The van der Waals surface area contributed by atoms with Crippen LogP contribution in [0.1, 0.15) is 29.6 Å². The average Bonchev–Trinajstić information content (AvgIpc) is 2.88. The minimum atomic E-state index is -0.467. The summed E-state index contributed by atoms with van der Waals surface area (Å²) >= 11 is 5.50. The van der Waals surface area contributed by atoms with Crippen LogP contribution < -0.4 is 4.74 Å². The molecule has 98 valence electrons. The maximum Gasteiger partial charge on any atom is 0.256 e. The molecular weight excluding hydrogens is 250 g/mol. The van der Waals surface area contributed by atoms with Crippen LogP contribution in [-0.2, 0) is 0 Å². The summed E-state index contributed by atoms with van der Waals surface area (Å²) in [6.45, 7) is 4.10. The number of nitrogens with zero attached hydrogens (tertiary/aromatic N) is 1. The van der Waals surface area contributed by atoms with Crippen molar-refractivity contribution in [2.24, 2.45) is 0 Å². The van der Waals surface area contributed by atoms with Gasteiger partial charge in [-0.1, -0.05) is 12.1 Å². The lowest BCUT2D eigenvalue weighted by Crippen LogP contribution is -2.22. The highest BCUT2D eigenvalue weighted by molar-refractivity contribution is 6.68. The van der Waals surface area contributed by atoms with Gasteiger partial charge < -0.3 is 9.64 Å². The lowest BCUT2D eigenvalue weighted by atomic mass is 10.2. The highest BCUT2D eigenvalue weighted by Gasteiger charge is 2.11. The second-order valence-electron chi connectivity index (χ2n) is 4.52. The average molecular weight is 268 g/mol. The molecular formula is C14H18ClNO2. The number of hydrogen-bond donors (Lipinski definition) is 0. The quantitative estimate of drug-likeness (QED) is 0.586. The maximum atomic E-state index is 11.2. The molecule has 2 rings (SSSR count). The van der Waals surface area contributed by atoms with E-state index in [1.165, 1.54) is 25.9 Å². The fourth-order valence-electron chi connectivity index (χ4n) is 2.23. The first-order chi connectivity index (χ1) is 8.77. The molecule has 0 saturated carbocycles. The predicted molar refractivity (Wildman–Crippen MR) is 72.4 cm³/mol. The molecule has 1 aliphatic rings. The molecule has 0 spiro atoms. The number of halogens is 1. The van der Waals surface area contributed by atoms with Crippen molar-refractivity contribution in [3.8, 4) is 5.75 Å². The van der Waals surface area contributed by atoms with E-state index < -0.39 is 5.24 Å². The van der Waals surface area contributed by atoms with Crippen molar-refractivity contribution >= 4 is 16.8 Å². The number of benzene rings is 1. The fraction of sp³-hybridized carbons (Fsp3) is 0.500. The van der Waals surface area contributed by atoms with Crippen LogP contribution in [0.3, 0.4) is 0 Å². The van der Waals surface area contributed by atoms with E-state index in [2.05, 4.69) is 4.90 Å². The minimum Gasteiger partial charge on any atom is -0.493 e. The second-order valence-corrected chi connectivity index (χ2v) is 4.86. The molecule has 0 amide bonds. The third-order valence-corrected chi connectivity index (χ3v) is 3.38. The molecule has 0 N–H and O–H groups in total. The van der Waals surface area contributed by atoms with Gasteiger partial charge in [-0.2, -0.15) is 0 Å². The molecule has 3 nitrogen and oxygen atoms in total. The van der Waals surface area contributed by atoms with Gasteiger partial charge in [0.05, 0.1) is 12.2 Å². The van der Waals surface area contributed by atoms with Crippen LogP contribution in [0, 0.1) is 0 Å². The summed E-state index contributed by atoms with van der Waals surface area (Å²) in [5.41, 5.74) is 0.445. The maximum absolute atomic E-state index is 11.2. The van der Waals surface area contributed by atoms with E-state index in [1.54, 1.807) is 18.2 Å². The summed E-state index contributed by atoms with van der Waals surface area (Å²) in [5.74, 6) is 0.582. The first-order valence-corrected chi connectivity index (χ1v) is 6.79. The third-order valence-electron chi connectivity index (χ3n) is 3.17. The molecule has 1 fully saturated rings. The van der Waals surface area contributed by atoms with Gasteiger partial charge >= 0.3 is 0 Å². The molecule has 1 saturated heterocycles. The molecule has 1 aromatic rings. The predicted octanol–water partition coefficient (Wildman–Crippen LogP) is 2.93. The molecule has 0 bridgehead atoms. The van der Waals surface area contributed by atoms with Crippen molar-refractivity contribution in [2.75, 3.05) is 26.2 Å². The highest BCUT2D eigenvalue weighted by Crippen LogP contribution is 2.20. The first-order valence-electron chi connectivity index (χ1n) is 6.41. The van der Waals surface area contributed by atoms with Gasteiger partial charge in [-0.05, 0) is 56.1 Å². The van der Waals surface area contributed by atoms with Crippen LogP contribution in [-0.4, -0.2) is 36.4 Å². The summed E-state index contributed by atoms with van der Waals surface area (Å²) in [4.78, 5) is 13.6. The molecule has 0 aliphatic carbocycles. The standard InChI is InChI=1S/C14H18ClNO2/c15-14(17)12-6-1-2-7-13(12)18-11-5-10-16-8-3-4-9-16/h1-2,6-7H,3-5,8-11H2. The second kappa shape index (κ2) is 6.76. The van der Waals surface area contributed by atoms with E-state index >= 15 is 0 Å². The molecule has 18 heavy (non-hydrogen) atoms. The monoisotopic (exact) mass is 267 g/mol. The summed E-state index contributed by atoms with van der Waals surface area (Å²) in [7, 11) is 0. The van der Waals surface area contributed by atoms with E-state index in [1.807, 2.05) is 6.07 Å². The van der Waals surface area contributed by atoms with E-state index in [9.17, 15) is 4.79 Å². The van der Waals surface area contributed by atoms with Gasteiger partial charge in [0, 0.05) is 6.54 Å². The van der Waals surface area contributed by atoms with Gasteiger partial charge in [-0.15, -0.1) is 0 Å². The van der Waals surface area contributed by atoms with Crippen molar-refractivity contribution in [3.63, 3.8) is 0 Å². The largest absolute Gasteiger partial charge is 0.493 e. The number of rotatable bonds is 6. The van der Waals surface area contributed by atoms with Crippen LogP contribution >= 0.6 is 11.6 Å². The highest BCUT2D eigenvalue weighted by atomic mass is 35.5. The van der Waals surface area contributed by atoms with Crippen LogP contribution in [0.15, 0.2) is 24.3 Å². The zero-order valence-electron chi connectivity index (χ0n) is 10.4. The molecule has 4 heteroatoms. The van der Waals surface area contributed by atoms with Gasteiger partial charge in [0.25, 0.3) is 5.24 Å². The van der Waals surface area contributed by atoms with E-state index in [0.717, 1.165) is 13.0 Å². The Morgan fingerprint density at radius 3 is 2.72 bits per heavy atom. The molecule has 0 aromatic heterocycles. The van der Waals surface area contributed by atoms with Gasteiger partial charge in [0.15, 0.2) is 0 Å². The number of carbonyl (C=O) groups excluding carboxylic acids is 1. The normalized spacial score (nSPS) is 15.8. The molecule has 1 aliphatic heterocycles. The van der Waals surface area contributed by atoms with Crippen molar-refractivity contribution in [2.45, 2.75) is 19.3 Å². The van der Waals surface area contributed by atoms with Gasteiger partial charge in [0.1, 0.15) is 5.75 Å². The van der Waals surface area contributed by atoms with E-state index in [-0.39, 0.29) is 0 Å². The van der Waals surface area contributed by atoms with Gasteiger partial charge in [0.2, 0.25) is 0 Å². The Balaban J connectivity index is 1.77. The summed E-state index contributed by atoms with van der Waals surface area (Å²) in [6.07, 6.45) is 3.60. The number of para-hydroxylation sites is 1. The minimum absolute atomic E-state index is 0.445. The molecule has 0 radical (unpaired) electrons. The van der Waals surface area contributed by atoms with Crippen LogP contribution in [0.4, 0.5) is 0 Å². The summed E-state index contributed by atoms with van der Waals surface area (Å²) in [6, 6.07) is 7.10. The summed E-state index contributed by atoms with van der Waals surface area (Å²) in [5, 5.41) is -0.467. The Bertz CT molecular complexity index is 403. The number of ether oxygens (including phenoxy) is 1. The Labute approximate surface area is 113 Å². The number of carbonyl (C=O) groups is 1. The number of hydrogen-bond acceptors (Lipinski definition) is 3. The SMILES string of the molecule is O=C(Cl)c1ccccc1OCCCN1CCCC1. The van der Waals surface area contributed by atoms with Crippen molar-refractivity contribution < 1.29 is 9.53 Å². The van der Waals surface area contributed by atoms with Crippen molar-refractivity contribution in [3.05, 3.63) is 29.8 Å². The molecule has 0 unspecified atom stereocenters. The molecule has 1 aromatic carbocycles. The smallest absolute Gasteiger partial charge is 0.256 e. The fourth-order valence-corrected chi connectivity index (χ4v) is 2.39. The third kappa shape index (κ3) is 3.72. The van der Waals surface area contributed by atoms with Crippen LogP contribution in [0.2, 0.25) is 0 Å². The van der Waals surface area contributed by atoms with Gasteiger partial charge in [-0.3, -0.25) is 4.79 Å². The van der Waals surface area contributed by atoms with Crippen molar-refractivity contribution in [1.29, 1.82) is 0 Å². The zero-order valence-corrected chi connectivity index (χ0v) is 11.2. The molecule has 0 atom stereocenters. The lowest BCUT2D eigenvalue weighted by molar-refractivity contribution is 0.107. The molecule has 1 heterocycles.